The zero-order chi connectivity index (χ0) is 23.5. The van der Waals surface area contributed by atoms with Gasteiger partial charge in [0, 0.05) is 32.0 Å². The lowest BCUT2D eigenvalue weighted by Gasteiger charge is -2.27. The van der Waals surface area contributed by atoms with Crippen LogP contribution in [-0.4, -0.2) is 40.5 Å². The molecule has 2 aromatic rings. The number of furan rings is 1. The second-order valence-electron chi connectivity index (χ2n) is 8.32. The van der Waals surface area contributed by atoms with Gasteiger partial charge in [-0.3, -0.25) is 14.4 Å². The molecule has 1 atom stereocenters. The number of nitrogens with one attached hydrogen (secondary N) is 1. The number of hydrogen-bond donors (Lipinski definition) is 1. The molecule has 1 N–H and O–H groups in total. The van der Waals surface area contributed by atoms with Crippen molar-refractivity contribution in [1.29, 1.82) is 0 Å². The van der Waals surface area contributed by atoms with Gasteiger partial charge in [0.1, 0.15) is 16.9 Å². The third-order valence-corrected chi connectivity index (χ3v) is 5.20. The van der Waals surface area contributed by atoms with Crippen LogP contribution in [0.25, 0.3) is 0 Å². The van der Waals surface area contributed by atoms with Crippen molar-refractivity contribution in [3.8, 4) is 0 Å². The molecule has 0 saturated carbocycles. The van der Waals surface area contributed by atoms with Crippen LogP contribution in [0.2, 0.25) is 0 Å². The lowest BCUT2D eigenvalue weighted by molar-refractivity contribution is -0.159. The van der Waals surface area contributed by atoms with E-state index < -0.39 is 40.8 Å². The molecule has 32 heavy (non-hydrogen) atoms. The van der Waals surface area contributed by atoms with Crippen molar-refractivity contribution in [2.75, 3.05) is 13.1 Å². The van der Waals surface area contributed by atoms with E-state index in [-0.39, 0.29) is 11.5 Å². The zero-order valence-electron chi connectivity index (χ0n) is 17.9. The molecule has 1 fully saturated rings. The molecule has 0 bridgehead atoms. The number of pyridine rings is 1. The van der Waals surface area contributed by atoms with E-state index in [9.17, 15) is 27.6 Å². The van der Waals surface area contributed by atoms with Gasteiger partial charge in [-0.2, -0.15) is 13.2 Å². The highest BCUT2D eigenvalue weighted by Crippen LogP contribution is 2.33. The van der Waals surface area contributed by atoms with Gasteiger partial charge >= 0.3 is 6.18 Å². The molecule has 3 rings (SSSR count). The van der Waals surface area contributed by atoms with Gasteiger partial charge < -0.3 is 19.2 Å². The van der Waals surface area contributed by atoms with Crippen molar-refractivity contribution in [3.63, 3.8) is 0 Å². The highest BCUT2D eigenvalue weighted by molar-refractivity contribution is 5.99. The largest absolute Gasteiger partial charge is 0.467 e. The summed E-state index contributed by atoms with van der Waals surface area (Å²) in [7, 11) is 0. The molecule has 0 radical (unpaired) electrons. The Kier molecular flexibility index (Phi) is 7.10. The van der Waals surface area contributed by atoms with Gasteiger partial charge in [0.15, 0.2) is 6.04 Å². The van der Waals surface area contributed by atoms with Gasteiger partial charge in [-0.15, -0.1) is 0 Å². The van der Waals surface area contributed by atoms with E-state index in [1.807, 2.05) is 19.2 Å². The number of carbonyl (C=O) groups is 2. The maximum Gasteiger partial charge on any atom is 0.415 e. The van der Waals surface area contributed by atoms with Gasteiger partial charge in [-0.05, 0) is 37.3 Å². The Labute approximate surface area is 183 Å². The first kappa shape index (κ1) is 23.6. The Hall–Kier alpha value is -3.04. The first-order valence-corrected chi connectivity index (χ1v) is 10.5. The van der Waals surface area contributed by atoms with Crippen molar-refractivity contribution in [2.24, 2.45) is 5.92 Å². The number of rotatable bonds is 6. The molecular weight excluding hydrogens is 427 g/mol. The number of hydrogen-bond acceptors (Lipinski definition) is 4. The predicted molar refractivity (Wildman–Crippen MR) is 110 cm³/mol. The molecule has 0 spiro atoms. The molecule has 0 aromatic carbocycles. The van der Waals surface area contributed by atoms with Crippen LogP contribution in [0.3, 0.4) is 0 Å². The van der Waals surface area contributed by atoms with Crippen LogP contribution in [0.15, 0.2) is 40.0 Å². The zero-order valence-corrected chi connectivity index (χ0v) is 17.9. The second kappa shape index (κ2) is 9.62. The van der Waals surface area contributed by atoms with Crippen LogP contribution in [0, 0.1) is 5.92 Å². The maximum absolute atomic E-state index is 13.5. The molecule has 1 unspecified atom stereocenters. The van der Waals surface area contributed by atoms with Crippen LogP contribution < -0.4 is 10.7 Å². The molecule has 174 valence electrons. The van der Waals surface area contributed by atoms with E-state index in [0.29, 0.717) is 19.6 Å². The summed E-state index contributed by atoms with van der Waals surface area (Å²) >= 11 is 0. The first-order chi connectivity index (χ1) is 15.1. The number of alkyl halides is 3. The van der Waals surface area contributed by atoms with Gasteiger partial charge in [-0.1, -0.05) is 13.8 Å². The summed E-state index contributed by atoms with van der Waals surface area (Å²) in [6.45, 7) is 5.17. The molecule has 1 saturated heterocycles. The number of halogens is 3. The van der Waals surface area contributed by atoms with E-state index in [4.69, 9.17) is 4.42 Å². The van der Waals surface area contributed by atoms with E-state index in [2.05, 4.69) is 0 Å². The number of piperidine rings is 1. The number of likely N-dealkylation sites (tertiary alicyclic amines) is 1. The van der Waals surface area contributed by atoms with E-state index in [0.717, 1.165) is 31.6 Å². The molecule has 0 aliphatic carbocycles. The first-order valence-electron chi connectivity index (χ1n) is 10.5. The fraction of sp³-hybridized carbons (Fsp3) is 0.500. The van der Waals surface area contributed by atoms with Crippen molar-refractivity contribution >= 4 is 11.8 Å². The average Bonchev–Trinajstić information content (AvgIpc) is 3.26. The Morgan fingerprint density at radius 1 is 1.12 bits per heavy atom. The molecule has 7 nitrogen and oxygen atoms in total. The fourth-order valence-corrected chi connectivity index (χ4v) is 3.72. The van der Waals surface area contributed by atoms with Gasteiger partial charge in [0.25, 0.3) is 11.8 Å². The van der Waals surface area contributed by atoms with E-state index in [1.54, 1.807) is 4.90 Å². The summed E-state index contributed by atoms with van der Waals surface area (Å²) in [5.41, 5.74) is -1.63. The predicted octanol–water partition coefficient (Wildman–Crippen LogP) is 3.76. The Balaban J connectivity index is 1.99. The summed E-state index contributed by atoms with van der Waals surface area (Å²) in [4.78, 5) is 40.4. The fourth-order valence-electron chi connectivity index (χ4n) is 3.72. The number of nitrogens with zero attached hydrogens (tertiary/aromatic N) is 2. The third-order valence-electron chi connectivity index (χ3n) is 5.20. The Morgan fingerprint density at radius 2 is 1.78 bits per heavy atom. The molecule has 1 aliphatic rings. The van der Waals surface area contributed by atoms with Gasteiger partial charge in [0.2, 0.25) is 5.43 Å². The summed E-state index contributed by atoms with van der Waals surface area (Å²) < 4.78 is 47.0. The molecule has 1 aliphatic heterocycles. The van der Waals surface area contributed by atoms with Crippen molar-refractivity contribution < 1.29 is 27.2 Å². The number of carbonyl (C=O) groups excluding carboxylic acids is 2. The van der Waals surface area contributed by atoms with Crippen LogP contribution >= 0.6 is 0 Å². The van der Waals surface area contributed by atoms with Crippen LogP contribution in [0.5, 0.6) is 0 Å². The Morgan fingerprint density at radius 3 is 2.34 bits per heavy atom. The Bertz CT molecular complexity index is 1010. The summed E-state index contributed by atoms with van der Waals surface area (Å²) in [5.74, 6) is -2.13. The summed E-state index contributed by atoms with van der Waals surface area (Å²) in [5, 5.41) is 1.85. The second-order valence-corrected chi connectivity index (χ2v) is 8.32. The standard InChI is InChI=1S/C22H26F3N3O4/c1-14(2)11-27-12-15(18(29)16(13-27)21(31)28-8-4-3-5-9-28)20(30)26-19(22(23,24)25)17-7-6-10-32-17/h6-7,10,12-14,19H,3-5,8-9,11H2,1-2H3,(H,26,30). The third kappa shape index (κ3) is 5.41. The van der Waals surface area contributed by atoms with Crippen LogP contribution in [0.4, 0.5) is 13.2 Å². The average molecular weight is 453 g/mol. The lowest BCUT2D eigenvalue weighted by Crippen LogP contribution is -2.42. The minimum Gasteiger partial charge on any atom is -0.467 e. The molecule has 2 aromatic heterocycles. The van der Waals surface area contributed by atoms with Crippen LogP contribution in [0.1, 0.15) is 65.6 Å². The molecule has 3 heterocycles. The monoisotopic (exact) mass is 453 g/mol. The number of amides is 2. The normalized spacial score (nSPS) is 15.6. The van der Waals surface area contributed by atoms with Gasteiger partial charge in [-0.25, -0.2) is 0 Å². The minimum atomic E-state index is -4.84. The van der Waals surface area contributed by atoms with E-state index in [1.165, 1.54) is 23.0 Å². The van der Waals surface area contributed by atoms with Crippen molar-refractivity contribution in [1.82, 2.24) is 14.8 Å². The SMILES string of the molecule is CC(C)Cn1cc(C(=O)NC(c2ccco2)C(F)(F)F)c(=O)c(C(=O)N2CCCCC2)c1. The highest BCUT2D eigenvalue weighted by Gasteiger charge is 2.44. The summed E-state index contributed by atoms with van der Waals surface area (Å²) in [6, 6.07) is -0.0658. The highest BCUT2D eigenvalue weighted by atomic mass is 19.4. The smallest absolute Gasteiger partial charge is 0.415 e. The minimum absolute atomic E-state index is 0.109. The number of aromatic nitrogens is 1. The van der Waals surface area contributed by atoms with Gasteiger partial charge in [0.05, 0.1) is 6.26 Å². The maximum atomic E-state index is 13.5. The van der Waals surface area contributed by atoms with E-state index >= 15 is 0 Å². The van der Waals surface area contributed by atoms with Crippen molar-refractivity contribution in [2.45, 2.75) is 51.9 Å². The molecular formula is C22H26F3N3O4. The van der Waals surface area contributed by atoms with Crippen molar-refractivity contribution in [3.05, 3.63) is 57.9 Å². The molecule has 2 amide bonds. The summed E-state index contributed by atoms with van der Waals surface area (Å²) in [6.07, 6.45) is 1.39. The topological polar surface area (TPSA) is 84.5 Å². The molecule has 10 heteroatoms. The van der Waals surface area contributed by atoms with Crippen LogP contribution in [-0.2, 0) is 6.54 Å². The lowest BCUT2D eigenvalue weighted by atomic mass is 10.1. The quantitative estimate of drug-likeness (QED) is 0.722.